The lowest BCUT2D eigenvalue weighted by atomic mass is 10.2. The maximum absolute atomic E-state index is 12.1. The Morgan fingerprint density at radius 2 is 2.25 bits per heavy atom. The van der Waals surface area contributed by atoms with Gasteiger partial charge in [-0.05, 0) is 32.2 Å². The SMILES string of the molecule is CNC(C)c1csc(NC(=O)c2cc(O)ccc2Cl)n1. The summed E-state index contributed by atoms with van der Waals surface area (Å²) in [5, 5.41) is 17.8. The number of amides is 1. The molecule has 1 amide bonds. The van der Waals surface area contributed by atoms with Gasteiger partial charge in [-0.1, -0.05) is 11.6 Å². The summed E-state index contributed by atoms with van der Waals surface area (Å²) >= 11 is 7.27. The van der Waals surface area contributed by atoms with Gasteiger partial charge < -0.3 is 10.4 Å². The highest BCUT2D eigenvalue weighted by atomic mass is 35.5. The van der Waals surface area contributed by atoms with E-state index in [2.05, 4.69) is 15.6 Å². The molecule has 5 nitrogen and oxygen atoms in total. The molecule has 0 saturated heterocycles. The summed E-state index contributed by atoms with van der Waals surface area (Å²) < 4.78 is 0. The van der Waals surface area contributed by atoms with E-state index in [-0.39, 0.29) is 22.4 Å². The number of thiazole rings is 1. The summed E-state index contributed by atoms with van der Waals surface area (Å²) in [4.78, 5) is 16.4. The highest BCUT2D eigenvalue weighted by Gasteiger charge is 2.14. The van der Waals surface area contributed by atoms with Gasteiger partial charge in [-0.25, -0.2) is 4.98 Å². The Morgan fingerprint density at radius 3 is 2.95 bits per heavy atom. The minimum atomic E-state index is -0.399. The average Bonchev–Trinajstić information content (AvgIpc) is 2.89. The fourth-order valence-corrected chi connectivity index (χ4v) is 2.54. The number of carbonyl (C=O) groups is 1. The molecule has 0 aliphatic rings. The molecule has 1 atom stereocenters. The number of nitrogens with zero attached hydrogens (tertiary/aromatic N) is 1. The van der Waals surface area contributed by atoms with Gasteiger partial charge in [0, 0.05) is 11.4 Å². The lowest BCUT2D eigenvalue weighted by Gasteiger charge is -2.06. The normalized spacial score (nSPS) is 12.2. The molecule has 2 rings (SSSR count). The topological polar surface area (TPSA) is 74.2 Å². The van der Waals surface area contributed by atoms with Crippen LogP contribution in [0.25, 0.3) is 0 Å². The van der Waals surface area contributed by atoms with Crippen LogP contribution in [0.4, 0.5) is 5.13 Å². The van der Waals surface area contributed by atoms with Crippen LogP contribution in [-0.2, 0) is 0 Å². The summed E-state index contributed by atoms with van der Waals surface area (Å²) in [6.07, 6.45) is 0. The number of hydrogen-bond acceptors (Lipinski definition) is 5. The van der Waals surface area contributed by atoms with Crippen molar-refractivity contribution in [3.05, 3.63) is 39.9 Å². The van der Waals surface area contributed by atoms with Crippen molar-refractivity contribution in [2.75, 3.05) is 12.4 Å². The number of aromatic hydroxyl groups is 1. The standard InChI is InChI=1S/C13H14ClN3O2S/c1-7(15-2)11-6-20-13(16-11)17-12(19)9-5-8(18)3-4-10(9)14/h3-7,15,18H,1-2H3,(H,16,17,19). The number of anilines is 1. The van der Waals surface area contributed by atoms with Crippen molar-refractivity contribution >= 4 is 34.0 Å². The van der Waals surface area contributed by atoms with Gasteiger partial charge in [0.05, 0.1) is 16.3 Å². The molecule has 106 valence electrons. The molecule has 3 N–H and O–H groups in total. The van der Waals surface area contributed by atoms with Gasteiger partial charge in [0.15, 0.2) is 5.13 Å². The second-order valence-corrected chi connectivity index (χ2v) is 5.47. The van der Waals surface area contributed by atoms with E-state index in [0.29, 0.717) is 5.13 Å². The number of rotatable bonds is 4. The molecule has 2 aromatic rings. The van der Waals surface area contributed by atoms with Gasteiger partial charge in [-0.15, -0.1) is 11.3 Å². The maximum Gasteiger partial charge on any atom is 0.259 e. The largest absolute Gasteiger partial charge is 0.508 e. The first-order valence-electron chi connectivity index (χ1n) is 5.94. The van der Waals surface area contributed by atoms with Gasteiger partial charge in [0.2, 0.25) is 0 Å². The zero-order valence-corrected chi connectivity index (χ0v) is 12.5. The fourth-order valence-electron chi connectivity index (χ4n) is 1.54. The van der Waals surface area contributed by atoms with E-state index in [1.165, 1.54) is 29.5 Å². The third-order valence-electron chi connectivity index (χ3n) is 2.81. The second kappa shape index (κ2) is 6.21. The van der Waals surface area contributed by atoms with E-state index in [1.54, 1.807) is 0 Å². The quantitative estimate of drug-likeness (QED) is 0.811. The zero-order chi connectivity index (χ0) is 14.7. The average molecular weight is 312 g/mol. The lowest BCUT2D eigenvalue weighted by molar-refractivity contribution is 0.102. The van der Waals surface area contributed by atoms with Crippen LogP contribution < -0.4 is 10.6 Å². The van der Waals surface area contributed by atoms with Crippen molar-refractivity contribution in [2.24, 2.45) is 0 Å². The summed E-state index contributed by atoms with van der Waals surface area (Å²) in [5.41, 5.74) is 1.07. The van der Waals surface area contributed by atoms with Gasteiger partial charge in [0.25, 0.3) is 5.91 Å². The zero-order valence-electron chi connectivity index (χ0n) is 11.0. The van der Waals surface area contributed by atoms with Crippen LogP contribution in [0.1, 0.15) is 29.0 Å². The Kier molecular flexibility index (Phi) is 4.59. The van der Waals surface area contributed by atoms with Crippen LogP contribution in [-0.4, -0.2) is 23.0 Å². The molecule has 0 aliphatic heterocycles. The Morgan fingerprint density at radius 1 is 1.50 bits per heavy atom. The van der Waals surface area contributed by atoms with Crippen molar-refractivity contribution in [1.29, 1.82) is 0 Å². The molecule has 0 aliphatic carbocycles. The number of phenols is 1. The first kappa shape index (κ1) is 14.8. The van der Waals surface area contributed by atoms with E-state index in [4.69, 9.17) is 11.6 Å². The minimum absolute atomic E-state index is 0.0109. The summed E-state index contributed by atoms with van der Waals surface area (Å²) in [5.74, 6) is -0.410. The summed E-state index contributed by atoms with van der Waals surface area (Å²) in [6, 6.07) is 4.33. The van der Waals surface area contributed by atoms with Crippen LogP contribution in [0, 0.1) is 0 Å². The molecule has 0 spiro atoms. The van der Waals surface area contributed by atoms with Crippen molar-refractivity contribution in [1.82, 2.24) is 10.3 Å². The third kappa shape index (κ3) is 3.27. The number of benzene rings is 1. The number of hydrogen-bond donors (Lipinski definition) is 3. The molecular formula is C13H14ClN3O2S. The van der Waals surface area contributed by atoms with Crippen LogP contribution in [0.15, 0.2) is 23.6 Å². The Labute approximate surface area is 125 Å². The highest BCUT2D eigenvalue weighted by Crippen LogP contribution is 2.24. The Hall–Kier alpha value is -1.63. The van der Waals surface area contributed by atoms with Gasteiger partial charge in [-0.3, -0.25) is 10.1 Å². The number of aromatic nitrogens is 1. The van der Waals surface area contributed by atoms with Crippen molar-refractivity contribution in [3.8, 4) is 5.75 Å². The van der Waals surface area contributed by atoms with Crippen molar-refractivity contribution in [3.63, 3.8) is 0 Å². The molecule has 1 heterocycles. The van der Waals surface area contributed by atoms with Gasteiger partial charge in [-0.2, -0.15) is 0 Å². The first-order chi connectivity index (χ1) is 9.51. The summed E-state index contributed by atoms with van der Waals surface area (Å²) in [7, 11) is 1.84. The Balaban J connectivity index is 2.15. The number of nitrogens with one attached hydrogen (secondary N) is 2. The molecular weight excluding hydrogens is 298 g/mol. The number of halogens is 1. The van der Waals surface area contributed by atoms with Gasteiger partial charge in [0.1, 0.15) is 5.75 Å². The van der Waals surface area contributed by atoms with Crippen LogP contribution in [0.2, 0.25) is 5.02 Å². The molecule has 0 bridgehead atoms. The minimum Gasteiger partial charge on any atom is -0.508 e. The fraction of sp³-hybridized carbons (Fsp3) is 0.231. The molecule has 1 aromatic heterocycles. The maximum atomic E-state index is 12.1. The Bertz CT molecular complexity index is 630. The lowest BCUT2D eigenvalue weighted by Crippen LogP contribution is -2.14. The van der Waals surface area contributed by atoms with Crippen LogP contribution in [0.5, 0.6) is 5.75 Å². The third-order valence-corrected chi connectivity index (χ3v) is 3.92. The van der Waals surface area contributed by atoms with Crippen molar-refractivity contribution < 1.29 is 9.90 Å². The van der Waals surface area contributed by atoms with E-state index >= 15 is 0 Å². The smallest absolute Gasteiger partial charge is 0.259 e. The molecule has 1 aromatic carbocycles. The molecule has 0 fully saturated rings. The summed E-state index contributed by atoms with van der Waals surface area (Å²) in [6.45, 7) is 1.98. The number of phenolic OH excluding ortho intramolecular Hbond substituents is 1. The van der Waals surface area contributed by atoms with Gasteiger partial charge >= 0.3 is 0 Å². The highest BCUT2D eigenvalue weighted by molar-refractivity contribution is 7.14. The molecule has 20 heavy (non-hydrogen) atoms. The second-order valence-electron chi connectivity index (χ2n) is 4.21. The molecule has 0 saturated carbocycles. The molecule has 0 radical (unpaired) electrons. The predicted octanol–water partition coefficient (Wildman–Crippen LogP) is 3.03. The van der Waals surface area contributed by atoms with E-state index < -0.39 is 5.91 Å². The first-order valence-corrected chi connectivity index (χ1v) is 7.19. The molecule has 1 unspecified atom stereocenters. The molecule has 7 heteroatoms. The van der Waals surface area contributed by atoms with E-state index in [1.807, 2.05) is 19.4 Å². The predicted molar refractivity (Wildman–Crippen MR) is 80.7 cm³/mol. The van der Waals surface area contributed by atoms with Crippen LogP contribution >= 0.6 is 22.9 Å². The van der Waals surface area contributed by atoms with Crippen molar-refractivity contribution in [2.45, 2.75) is 13.0 Å². The van der Waals surface area contributed by atoms with E-state index in [9.17, 15) is 9.90 Å². The number of carbonyl (C=O) groups excluding carboxylic acids is 1. The van der Waals surface area contributed by atoms with E-state index in [0.717, 1.165) is 5.69 Å². The van der Waals surface area contributed by atoms with Crippen LogP contribution in [0.3, 0.4) is 0 Å². The monoisotopic (exact) mass is 311 g/mol.